The number of methoxy groups -OCH3 is 1. The Hall–Kier alpha value is -2.09. The normalized spacial score (nSPS) is 17.3. The summed E-state index contributed by atoms with van der Waals surface area (Å²) in [6.45, 7) is 5.82. The molecule has 1 saturated heterocycles. The fourth-order valence-electron chi connectivity index (χ4n) is 3.58. The standard InChI is InChI=1S/C19H32N6O2/c1-3-4-12-27-18-23-16(20)15-17(24-18)25(19(22-15)26-2)11-6-5-8-14-9-7-10-21-13-14/h14,21H,3-13H2,1-2H3,(H2,20,23,24)/t14-/m1/s1. The van der Waals surface area contributed by atoms with Crippen LogP contribution in [0.15, 0.2) is 0 Å². The number of nitrogens with two attached hydrogens (primary N) is 1. The van der Waals surface area contributed by atoms with E-state index in [1.807, 2.05) is 4.57 Å². The maximum Gasteiger partial charge on any atom is 0.320 e. The van der Waals surface area contributed by atoms with Gasteiger partial charge in [-0.3, -0.25) is 4.57 Å². The van der Waals surface area contributed by atoms with Gasteiger partial charge >= 0.3 is 6.01 Å². The highest BCUT2D eigenvalue weighted by Crippen LogP contribution is 2.26. The van der Waals surface area contributed by atoms with Gasteiger partial charge in [-0.25, -0.2) is 0 Å². The summed E-state index contributed by atoms with van der Waals surface area (Å²) in [7, 11) is 1.62. The van der Waals surface area contributed by atoms with Gasteiger partial charge in [-0.1, -0.05) is 19.8 Å². The Labute approximate surface area is 160 Å². The van der Waals surface area contributed by atoms with Gasteiger partial charge in [0.1, 0.15) is 0 Å². The number of hydrogen-bond acceptors (Lipinski definition) is 7. The van der Waals surface area contributed by atoms with E-state index < -0.39 is 0 Å². The smallest absolute Gasteiger partial charge is 0.320 e. The average Bonchev–Trinajstić information content (AvgIpc) is 3.04. The van der Waals surface area contributed by atoms with Crippen LogP contribution in [0.3, 0.4) is 0 Å². The first-order valence-electron chi connectivity index (χ1n) is 10.1. The quantitative estimate of drug-likeness (QED) is 0.615. The molecule has 0 aromatic carbocycles. The number of unbranched alkanes of at least 4 members (excludes halogenated alkanes) is 2. The van der Waals surface area contributed by atoms with Crippen molar-refractivity contribution in [2.24, 2.45) is 5.92 Å². The fourth-order valence-corrected chi connectivity index (χ4v) is 3.58. The summed E-state index contributed by atoms with van der Waals surface area (Å²) < 4.78 is 13.1. The lowest BCUT2D eigenvalue weighted by Gasteiger charge is -2.22. The largest absolute Gasteiger partial charge is 0.468 e. The van der Waals surface area contributed by atoms with E-state index in [2.05, 4.69) is 27.2 Å². The van der Waals surface area contributed by atoms with Crippen molar-refractivity contribution in [3.05, 3.63) is 0 Å². The summed E-state index contributed by atoms with van der Waals surface area (Å²) >= 11 is 0. The number of ether oxygens (including phenoxy) is 2. The molecule has 0 aliphatic carbocycles. The van der Waals surface area contributed by atoms with Gasteiger partial charge in [-0.15, -0.1) is 0 Å². The van der Waals surface area contributed by atoms with Crippen LogP contribution in [0.5, 0.6) is 12.0 Å². The van der Waals surface area contributed by atoms with E-state index in [1.165, 1.54) is 32.2 Å². The van der Waals surface area contributed by atoms with E-state index in [4.69, 9.17) is 15.2 Å². The fraction of sp³-hybridized carbons (Fsp3) is 0.737. The highest BCUT2D eigenvalue weighted by molar-refractivity contribution is 5.83. The maximum atomic E-state index is 6.08. The number of anilines is 1. The topological polar surface area (TPSA) is 100 Å². The number of rotatable bonds is 10. The minimum Gasteiger partial charge on any atom is -0.468 e. The average molecular weight is 377 g/mol. The van der Waals surface area contributed by atoms with Crippen molar-refractivity contribution in [2.75, 3.05) is 32.5 Å². The monoisotopic (exact) mass is 376 g/mol. The van der Waals surface area contributed by atoms with Crippen LogP contribution in [0.25, 0.3) is 11.2 Å². The van der Waals surface area contributed by atoms with Gasteiger partial charge in [-0.2, -0.15) is 15.0 Å². The van der Waals surface area contributed by atoms with E-state index in [1.54, 1.807) is 7.11 Å². The molecule has 1 aliphatic rings. The van der Waals surface area contributed by atoms with Crippen molar-refractivity contribution >= 4 is 17.0 Å². The zero-order chi connectivity index (χ0) is 19.1. The van der Waals surface area contributed by atoms with Crippen molar-refractivity contribution in [3.8, 4) is 12.0 Å². The molecule has 0 bridgehead atoms. The summed E-state index contributed by atoms with van der Waals surface area (Å²) in [5.74, 6) is 1.13. The van der Waals surface area contributed by atoms with Crippen molar-refractivity contribution in [1.82, 2.24) is 24.8 Å². The van der Waals surface area contributed by atoms with Crippen LogP contribution in [0.1, 0.15) is 51.9 Å². The SMILES string of the molecule is CCCCOc1nc(N)c2nc(OC)n(CCCC[C@@H]3CCCNC3)c2n1. The lowest BCUT2D eigenvalue weighted by Crippen LogP contribution is -2.29. The minimum atomic E-state index is 0.311. The molecule has 0 saturated carbocycles. The van der Waals surface area contributed by atoms with Crippen LogP contribution in [0.4, 0.5) is 5.82 Å². The molecule has 2 aromatic heterocycles. The third-order valence-electron chi connectivity index (χ3n) is 5.12. The van der Waals surface area contributed by atoms with E-state index in [-0.39, 0.29) is 0 Å². The summed E-state index contributed by atoms with van der Waals surface area (Å²) in [6, 6.07) is 0.835. The molecular formula is C19H32N6O2. The van der Waals surface area contributed by atoms with Gasteiger partial charge < -0.3 is 20.5 Å². The van der Waals surface area contributed by atoms with Gasteiger partial charge in [0.25, 0.3) is 6.01 Å². The zero-order valence-electron chi connectivity index (χ0n) is 16.5. The predicted octanol–water partition coefficient (Wildman–Crippen LogP) is 2.77. The number of fused-ring (bicyclic) bond motifs is 1. The molecule has 0 unspecified atom stereocenters. The molecule has 150 valence electrons. The first kappa shape index (κ1) is 19.7. The molecule has 0 radical (unpaired) electrons. The molecule has 1 aliphatic heterocycles. The summed E-state index contributed by atoms with van der Waals surface area (Å²) in [5, 5.41) is 3.49. The van der Waals surface area contributed by atoms with Gasteiger partial charge in [0, 0.05) is 6.54 Å². The van der Waals surface area contributed by atoms with E-state index in [0.717, 1.165) is 38.3 Å². The van der Waals surface area contributed by atoms with Crippen LogP contribution in [0.2, 0.25) is 0 Å². The van der Waals surface area contributed by atoms with Crippen molar-refractivity contribution in [2.45, 2.75) is 58.4 Å². The molecular weight excluding hydrogens is 344 g/mol. The first-order chi connectivity index (χ1) is 13.2. The number of nitrogens with one attached hydrogen (secondary N) is 1. The predicted molar refractivity (Wildman–Crippen MR) is 106 cm³/mol. The van der Waals surface area contributed by atoms with E-state index in [0.29, 0.717) is 35.6 Å². The van der Waals surface area contributed by atoms with Crippen LogP contribution in [-0.2, 0) is 6.54 Å². The van der Waals surface area contributed by atoms with Crippen molar-refractivity contribution < 1.29 is 9.47 Å². The summed E-state index contributed by atoms with van der Waals surface area (Å²) in [5.41, 5.74) is 7.34. The van der Waals surface area contributed by atoms with Crippen LogP contribution >= 0.6 is 0 Å². The molecule has 3 N–H and O–H groups in total. The number of imidazole rings is 1. The Morgan fingerprint density at radius 3 is 2.85 bits per heavy atom. The molecule has 1 fully saturated rings. The maximum absolute atomic E-state index is 6.08. The molecule has 8 nitrogen and oxygen atoms in total. The zero-order valence-corrected chi connectivity index (χ0v) is 16.5. The second-order valence-corrected chi connectivity index (χ2v) is 7.22. The number of nitrogen functional groups attached to an aromatic ring is 1. The Morgan fingerprint density at radius 1 is 1.22 bits per heavy atom. The molecule has 0 amide bonds. The number of aryl methyl sites for hydroxylation is 1. The molecule has 27 heavy (non-hydrogen) atoms. The third kappa shape index (κ3) is 5.00. The Morgan fingerprint density at radius 2 is 2.11 bits per heavy atom. The number of aromatic nitrogens is 4. The van der Waals surface area contributed by atoms with Crippen LogP contribution in [-0.4, -0.2) is 46.3 Å². The Bertz CT molecular complexity index is 727. The van der Waals surface area contributed by atoms with Crippen LogP contribution < -0.4 is 20.5 Å². The molecule has 1 atom stereocenters. The molecule has 8 heteroatoms. The second-order valence-electron chi connectivity index (χ2n) is 7.22. The lowest BCUT2D eigenvalue weighted by molar-refractivity contribution is 0.286. The van der Waals surface area contributed by atoms with Crippen molar-refractivity contribution in [3.63, 3.8) is 0 Å². The number of nitrogens with zero attached hydrogens (tertiary/aromatic N) is 4. The minimum absolute atomic E-state index is 0.311. The van der Waals surface area contributed by atoms with Gasteiger partial charge in [0.15, 0.2) is 17.0 Å². The third-order valence-corrected chi connectivity index (χ3v) is 5.12. The summed E-state index contributed by atoms with van der Waals surface area (Å²) in [4.78, 5) is 13.2. The van der Waals surface area contributed by atoms with Crippen LogP contribution in [0, 0.1) is 5.92 Å². The Kier molecular flexibility index (Phi) is 7.09. The number of piperidine rings is 1. The highest BCUT2D eigenvalue weighted by Gasteiger charge is 2.18. The van der Waals surface area contributed by atoms with Gasteiger partial charge in [-0.05, 0) is 51.1 Å². The van der Waals surface area contributed by atoms with Gasteiger partial charge in [0.2, 0.25) is 0 Å². The van der Waals surface area contributed by atoms with Crippen molar-refractivity contribution in [1.29, 1.82) is 0 Å². The second kappa shape index (κ2) is 9.73. The van der Waals surface area contributed by atoms with E-state index in [9.17, 15) is 0 Å². The summed E-state index contributed by atoms with van der Waals surface area (Å²) in [6.07, 6.45) is 8.13. The molecule has 2 aromatic rings. The Balaban J connectivity index is 1.68. The molecule has 0 spiro atoms. The first-order valence-corrected chi connectivity index (χ1v) is 10.1. The van der Waals surface area contributed by atoms with Gasteiger partial charge in [0.05, 0.1) is 13.7 Å². The lowest BCUT2D eigenvalue weighted by atomic mass is 9.94. The molecule has 3 heterocycles. The highest BCUT2D eigenvalue weighted by atomic mass is 16.5. The molecule has 3 rings (SSSR count). The van der Waals surface area contributed by atoms with E-state index >= 15 is 0 Å². The number of hydrogen-bond donors (Lipinski definition) is 2.